The van der Waals surface area contributed by atoms with Gasteiger partial charge in [0.05, 0.1) is 29.3 Å². The van der Waals surface area contributed by atoms with Crippen LogP contribution >= 0.6 is 0 Å². The molecule has 3 atom stereocenters. The highest BCUT2D eigenvalue weighted by atomic mass is 19.1. The third kappa shape index (κ3) is 3.68. The molecule has 3 heterocycles. The molecule has 9 heteroatoms. The number of rotatable bonds is 5. The number of likely N-dealkylation sites (tertiary alicyclic amines) is 1. The molecule has 1 aromatic heterocycles. The van der Waals surface area contributed by atoms with Crippen molar-refractivity contribution in [2.24, 2.45) is 0 Å². The van der Waals surface area contributed by atoms with E-state index in [1.54, 1.807) is 19.1 Å². The van der Waals surface area contributed by atoms with E-state index in [1.165, 1.54) is 18.3 Å². The molecule has 0 aliphatic carbocycles. The smallest absolute Gasteiger partial charge is 0.249 e. The molecular formula is C22H24F2N6O. The predicted octanol–water partition coefficient (Wildman–Crippen LogP) is 3.22. The second-order valence-electron chi connectivity index (χ2n) is 7.98. The van der Waals surface area contributed by atoms with Gasteiger partial charge in [0.2, 0.25) is 5.91 Å². The lowest BCUT2D eigenvalue weighted by atomic mass is 9.87. The van der Waals surface area contributed by atoms with Crippen LogP contribution in [0, 0.1) is 17.1 Å². The number of aromatic nitrogens is 1. The third-order valence-corrected chi connectivity index (χ3v) is 6.07. The van der Waals surface area contributed by atoms with Gasteiger partial charge in [-0.25, -0.2) is 13.8 Å². The molecule has 1 aromatic carbocycles. The van der Waals surface area contributed by atoms with Crippen molar-refractivity contribution in [1.29, 1.82) is 5.26 Å². The van der Waals surface area contributed by atoms with Crippen LogP contribution < -0.4 is 16.0 Å². The summed E-state index contributed by atoms with van der Waals surface area (Å²) in [4.78, 5) is 19.0. The average molecular weight is 426 g/mol. The molecule has 2 aliphatic heterocycles. The molecule has 3 N–H and O–H groups in total. The molecule has 162 valence electrons. The summed E-state index contributed by atoms with van der Waals surface area (Å²) in [5.41, 5.74) is 1.40. The first-order valence-corrected chi connectivity index (χ1v) is 10.3. The Labute approximate surface area is 179 Å². The largest absolute Gasteiger partial charge is 0.384 e. The minimum absolute atomic E-state index is 0.231. The van der Waals surface area contributed by atoms with Gasteiger partial charge in [-0.2, -0.15) is 5.26 Å². The Bertz CT molecular complexity index is 1040. The van der Waals surface area contributed by atoms with Crippen molar-refractivity contribution in [3.8, 4) is 6.07 Å². The zero-order valence-electron chi connectivity index (χ0n) is 17.4. The van der Waals surface area contributed by atoms with Gasteiger partial charge in [0.25, 0.3) is 0 Å². The number of pyridine rings is 1. The van der Waals surface area contributed by atoms with E-state index in [2.05, 4.69) is 20.9 Å². The van der Waals surface area contributed by atoms with Crippen molar-refractivity contribution in [3.05, 3.63) is 47.5 Å². The number of carbonyl (C=O) groups excluding carboxylic acids is 1. The highest BCUT2D eigenvalue weighted by Crippen LogP contribution is 2.45. The van der Waals surface area contributed by atoms with E-state index in [0.717, 1.165) is 0 Å². The number of piperidine rings is 1. The van der Waals surface area contributed by atoms with Crippen LogP contribution in [0.5, 0.6) is 0 Å². The molecule has 0 radical (unpaired) electrons. The maximum absolute atomic E-state index is 14.8. The van der Waals surface area contributed by atoms with Gasteiger partial charge in [-0.05, 0) is 44.5 Å². The highest BCUT2D eigenvalue weighted by Gasteiger charge is 2.50. The molecule has 1 unspecified atom stereocenters. The maximum atomic E-state index is 14.8. The van der Waals surface area contributed by atoms with Crippen molar-refractivity contribution >= 4 is 23.0 Å². The SMILES string of the molecule is CCNc1cc(F)cc2c1NC(=O)C2(C)N1CC[C@H](F)[C@@H](Nc2ccc(C#N)nc2)C1. The number of anilines is 3. The van der Waals surface area contributed by atoms with Gasteiger partial charge in [0.15, 0.2) is 0 Å². The monoisotopic (exact) mass is 426 g/mol. The van der Waals surface area contributed by atoms with Gasteiger partial charge in [0, 0.05) is 25.2 Å². The van der Waals surface area contributed by atoms with Crippen LogP contribution in [0.2, 0.25) is 0 Å². The van der Waals surface area contributed by atoms with Crippen LogP contribution in [-0.2, 0) is 10.3 Å². The zero-order valence-corrected chi connectivity index (χ0v) is 17.4. The van der Waals surface area contributed by atoms with Crippen molar-refractivity contribution in [1.82, 2.24) is 9.88 Å². The number of nitrogens with one attached hydrogen (secondary N) is 3. The molecule has 2 aromatic rings. The van der Waals surface area contributed by atoms with Crippen molar-refractivity contribution in [2.45, 2.75) is 38.0 Å². The number of hydrogen-bond donors (Lipinski definition) is 3. The van der Waals surface area contributed by atoms with Crippen molar-refractivity contribution < 1.29 is 13.6 Å². The van der Waals surface area contributed by atoms with E-state index < -0.39 is 23.6 Å². The van der Waals surface area contributed by atoms with Gasteiger partial charge in [-0.1, -0.05) is 0 Å². The summed E-state index contributed by atoms with van der Waals surface area (Å²) in [5, 5.41) is 18.0. The second kappa shape index (κ2) is 8.12. The van der Waals surface area contributed by atoms with E-state index >= 15 is 0 Å². The number of fused-ring (bicyclic) bond motifs is 1. The number of hydrogen-bond acceptors (Lipinski definition) is 6. The Hall–Kier alpha value is -3.25. The van der Waals surface area contributed by atoms with Gasteiger partial charge in [-0.3, -0.25) is 9.69 Å². The Morgan fingerprint density at radius 3 is 2.90 bits per heavy atom. The molecule has 2 aliphatic rings. The number of benzene rings is 1. The predicted molar refractivity (Wildman–Crippen MR) is 114 cm³/mol. The third-order valence-electron chi connectivity index (χ3n) is 6.07. The zero-order chi connectivity index (χ0) is 22.2. The maximum Gasteiger partial charge on any atom is 0.249 e. The topological polar surface area (TPSA) is 93.1 Å². The number of halogens is 2. The van der Waals surface area contributed by atoms with E-state index in [4.69, 9.17) is 5.26 Å². The molecule has 0 bridgehead atoms. The van der Waals surface area contributed by atoms with Crippen LogP contribution in [-0.4, -0.2) is 47.6 Å². The van der Waals surface area contributed by atoms with E-state index in [1.807, 2.05) is 17.9 Å². The molecule has 4 rings (SSSR count). The average Bonchev–Trinajstić information content (AvgIpc) is 3.02. The summed E-state index contributed by atoms with van der Waals surface area (Å²) < 4.78 is 29.1. The van der Waals surface area contributed by atoms with Crippen molar-refractivity contribution in [2.75, 3.05) is 35.6 Å². The first kappa shape index (κ1) is 21.0. The molecule has 1 saturated heterocycles. The summed E-state index contributed by atoms with van der Waals surface area (Å²) in [6, 6.07) is 7.34. The van der Waals surface area contributed by atoms with E-state index in [0.29, 0.717) is 35.7 Å². The van der Waals surface area contributed by atoms with Crippen molar-refractivity contribution in [3.63, 3.8) is 0 Å². The first-order valence-electron chi connectivity index (χ1n) is 10.3. The van der Waals surface area contributed by atoms with E-state index in [-0.39, 0.29) is 24.6 Å². The fraction of sp³-hybridized carbons (Fsp3) is 0.409. The van der Waals surface area contributed by atoms with Crippen LogP contribution in [0.1, 0.15) is 31.5 Å². The minimum Gasteiger partial charge on any atom is -0.384 e. The lowest BCUT2D eigenvalue weighted by molar-refractivity contribution is -0.128. The quantitative estimate of drug-likeness (QED) is 0.680. The Morgan fingerprint density at radius 1 is 1.42 bits per heavy atom. The molecule has 31 heavy (non-hydrogen) atoms. The van der Waals surface area contributed by atoms with Crippen LogP contribution in [0.4, 0.5) is 25.8 Å². The van der Waals surface area contributed by atoms with Crippen LogP contribution in [0.15, 0.2) is 30.5 Å². The summed E-state index contributed by atoms with van der Waals surface area (Å²) >= 11 is 0. The first-order chi connectivity index (χ1) is 14.9. The van der Waals surface area contributed by atoms with E-state index in [9.17, 15) is 13.6 Å². The fourth-order valence-electron chi connectivity index (χ4n) is 4.35. The van der Waals surface area contributed by atoms with Gasteiger partial charge < -0.3 is 16.0 Å². The lowest BCUT2D eigenvalue weighted by Crippen LogP contribution is -2.58. The Kier molecular flexibility index (Phi) is 5.50. The summed E-state index contributed by atoms with van der Waals surface area (Å²) in [7, 11) is 0. The minimum atomic E-state index is -1.12. The van der Waals surface area contributed by atoms with Crippen LogP contribution in [0.3, 0.4) is 0 Å². The molecule has 7 nitrogen and oxygen atoms in total. The van der Waals surface area contributed by atoms with Crippen LogP contribution in [0.25, 0.3) is 0 Å². The fourth-order valence-corrected chi connectivity index (χ4v) is 4.35. The summed E-state index contributed by atoms with van der Waals surface area (Å²) in [6.45, 7) is 4.84. The summed E-state index contributed by atoms with van der Waals surface area (Å²) in [5.74, 6) is -0.695. The second-order valence-corrected chi connectivity index (χ2v) is 7.98. The molecule has 0 spiro atoms. The number of alkyl halides is 1. The standard InChI is InChI=1S/C22H24F2N6O/c1-3-26-18-9-13(23)8-16-20(18)29-21(31)22(16,2)30-7-6-17(24)19(12-30)28-15-5-4-14(10-25)27-11-15/h4-5,8-9,11,17,19,26,28H,3,6-7,12H2,1-2H3,(H,29,31)/t17-,19-,22?/m0/s1. The Balaban J connectivity index is 1.62. The summed E-state index contributed by atoms with van der Waals surface area (Å²) in [6.07, 6.45) is 0.598. The molecule has 1 amide bonds. The number of amides is 1. The van der Waals surface area contributed by atoms with Gasteiger partial charge in [-0.15, -0.1) is 0 Å². The lowest BCUT2D eigenvalue weighted by Gasteiger charge is -2.43. The number of carbonyl (C=O) groups is 1. The highest BCUT2D eigenvalue weighted by molar-refractivity contribution is 6.08. The number of nitrogens with zero attached hydrogens (tertiary/aromatic N) is 3. The number of nitriles is 1. The normalized spacial score (nSPS) is 25.5. The van der Waals surface area contributed by atoms with Gasteiger partial charge in [0.1, 0.15) is 29.3 Å². The molecule has 0 saturated carbocycles. The Morgan fingerprint density at radius 2 is 2.23 bits per heavy atom. The molecular weight excluding hydrogens is 402 g/mol. The molecule has 1 fully saturated rings. The van der Waals surface area contributed by atoms with Gasteiger partial charge >= 0.3 is 0 Å².